The molecule has 5 N–H and O–H groups in total. The molecule has 0 aromatic heterocycles. The van der Waals surface area contributed by atoms with Crippen molar-refractivity contribution < 1.29 is 14.3 Å². The highest BCUT2D eigenvalue weighted by atomic mass is 16.5. The van der Waals surface area contributed by atoms with E-state index >= 15 is 0 Å². The first-order valence-electron chi connectivity index (χ1n) is 9.25. The van der Waals surface area contributed by atoms with E-state index in [9.17, 15) is 4.79 Å². The fourth-order valence-electron chi connectivity index (χ4n) is 3.16. The zero-order chi connectivity index (χ0) is 19.4. The second-order valence-corrected chi connectivity index (χ2v) is 6.96. The lowest BCUT2D eigenvalue weighted by atomic mass is 9.97. The van der Waals surface area contributed by atoms with Crippen molar-refractivity contribution in [2.45, 2.75) is 26.1 Å². The summed E-state index contributed by atoms with van der Waals surface area (Å²) in [7, 11) is 0. The van der Waals surface area contributed by atoms with Crippen LogP contribution >= 0.6 is 0 Å². The first-order chi connectivity index (χ1) is 13.0. The second-order valence-electron chi connectivity index (χ2n) is 6.96. The normalized spacial score (nSPS) is 19.3. The molecule has 0 radical (unpaired) electrons. The molecule has 3 rings (SSSR count). The van der Waals surface area contributed by atoms with Crippen LogP contribution in [0.4, 0.5) is 11.4 Å². The number of rotatable bonds is 6. The van der Waals surface area contributed by atoms with E-state index < -0.39 is 0 Å². The fourth-order valence-corrected chi connectivity index (χ4v) is 3.16. The molecule has 3 unspecified atom stereocenters. The van der Waals surface area contributed by atoms with Crippen LogP contribution in [0.3, 0.4) is 0 Å². The molecule has 1 saturated heterocycles. The summed E-state index contributed by atoms with van der Waals surface area (Å²) < 4.78 is 12.0. The third-order valence-corrected chi connectivity index (χ3v) is 5.08. The number of nitrogens with two attached hydrogens (primary N) is 2. The summed E-state index contributed by atoms with van der Waals surface area (Å²) in [5.41, 5.74) is 13.4. The highest BCUT2D eigenvalue weighted by Gasteiger charge is 2.27. The average Bonchev–Trinajstić information content (AvgIpc) is 2.70. The van der Waals surface area contributed by atoms with E-state index in [1.165, 1.54) is 0 Å². The summed E-state index contributed by atoms with van der Waals surface area (Å²) in [5, 5.41) is 3.34. The number of hydrogen-bond donors (Lipinski definition) is 3. The van der Waals surface area contributed by atoms with Crippen LogP contribution in [0, 0.1) is 5.92 Å². The molecule has 144 valence electrons. The van der Waals surface area contributed by atoms with Crippen molar-refractivity contribution in [2.24, 2.45) is 5.92 Å². The van der Waals surface area contributed by atoms with Crippen LogP contribution in [0.25, 0.3) is 0 Å². The average molecular weight is 369 g/mol. The van der Waals surface area contributed by atoms with Gasteiger partial charge in [0, 0.05) is 24.6 Å². The molecule has 0 spiro atoms. The summed E-state index contributed by atoms with van der Waals surface area (Å²) in [6.07, 6.45) is -0.0196. The Hall–Kier alpha value is -2.57. The van der Waals surface area contributed by atoms with Gasteiger partial charge >= 0.3 is 0 Å². The van der Waals surface area contributed by atoms with Crippen LogP contribution in [-0.2, 0) is 4.74 Å². The second kappa shape index (κ2) is 8.41. The summed E-state index contributed by atoms with van der Waals surface area (Å²) >= 11 is 0. The minimum Gasteiger partial charge on any atom is -0.490 e. The fraction of sp³-hybridized carbons (Fsp3) is 0.381. The van der Waals surface area contributed by atoms with E-state index in [0.717, 1.165) is 13.1 Å². The number of ketones is 1. The number of carbonyl (C=O) groups is 1. The number of hydrogen-bond acceptors (Lipinski definition) is 6. The molecule has 1 heterocycles. The smallest absolute Gasteiger partial charge is 0.196 e. The van der Waals surface area contributed by atoms with Crippen LogP contribution in [0.5, 0.6) is 5.75 Å². The maximum atomic E-state index is 13.0. The van der Waals surface area contributed by atoms with Gasteiger partial charge in [-0.3, -0.25) is 4.79 Å². The third-order valence-electron chi connectivity index (χ3n) is 5.08. The zero-order valence-electron chi connectivity index (χ0n) is 15.8. The molecule has 6 nitrogen and oxygen atoms in total. The molecular formula is C21H27N3O3. The van der Waals surface area contributed by atoms with E-state index in [1.807, 2.05) is 25.1 Å². The van der Waals surface area contributed by atoms with E-state index in [-0.39, 0.29) is 23.9 Å². The topological polar surface area (TPSA) is 99.6 Å². The lowest BCUT2D eigenvalue weighted by Crippen LogP contribution is -2.45. The molecule has 0 amide bonds. The maximum absolute atomic E-state index is 13.0. The number of para-hydroxylation sites is 1. The summed E-state index contributed by atoms with van der Waals surface area (Å²) in [6.45, 7) is 6.49. The van der Waals surface area contributed by atoms with Crippen LogP contribution in [0.2, 0.25) is 0 Å². The Labute approximate surface area is 159 Å². The first-order valence-corrected chi connectivity index (χ1v) is 9.25. The number of anilines is 2. The van der Waals surface area contributed by atoms with Gasteiger partial charge in [-0.05, 0) is 37.3 Å². The van der Waals surface area contributed by atoms with Gasteiger partial charge in [-0.15, -0.1) is 0 Å². The van der Waals surface area contributed by atoms with Gasteiger partial charge in [0.1, 0.15) is 11.9 Å². The molecule has 2 aromatic carbocycles. The standard InChI is InChI=1S/C21H27N3O3/c1-13(20-12-24-9-10-26-20)14(2)27-19-6-4-3-5-16(19)21(25)15-7-8-17(22)18(23)11-15/h3-8,11,13-14,20,24H,9-10,12,22-23H2,1-2H3. The number of nitrogens with one attached hydrogen (secondary N) is 1. The molecule has 0 aliphatic carbocycles. The van der Waals surface area contributed by atoms with Crippen LogP contribution in [0.1, 0.15) is 29.8 Å². The molecule has 6 heteroatoms. The lowest BCUT2D eigenvalue weighted by molar-refractivity contribution is -0.0341. The Balaban J connectivity index is 1.78. The third kappa shape index (κ3) is 4.40. The van der Waals surface area contributed by atoms with Gasteiger partial charge in [-0.1, -0.05) is 19.1 Å². The van der Waals surface area contributed by atoms with Gasteiger partial charge in [-0.25, -0.2) is 0 Å². The lowest BCUT2D eigenvalue weighted by Gasteiger charge is -2.32. The van der Waals surface area contributed by atoms with Crippen molar-refractivity contribution in [3.63, 3.8) is 0 Å². The molecule has 2 aromatic rings. The zero-order valence-corrected chi connectivity index (χ0v) is 15.8. The summed E-state index contributed by atoms with van der Waals surface area (Å²) in [4.78, 5) is 13.0. The van der Waals surface area contributed by atoms with Gasteiger partial charge in [-0.2, -0.15) is 0 Å². The molecule has 1 aliphatic heterocycles. The maximum Gasteiger partial charge on any atom is 0.196 e. The predicted octanol–water partition coefficient (Wildman–Crippen LogP) is 2.47. The molecule has 3 atom stereocenters. The molecule has 0 saturated carbocycles. The highest BCUT2D eigenvalue weighted by Crippen LogP contribution is 2.27. The molecule has 1 fully saturated rings. The molecular weight excluding hydrogens is 342 g/mol. The number of benzene rings is 2. The molecule has 1 aliphatic rings. The molecule has 27 heavy (non-hydrogen) atoms. The van der Waals surface area contributed by atoms with Gasteiger partial charge in [0.15, 0.2) is 5.78 Å². The van der Waals surface area contributed by atoms with Gasteiger partial charge < -0.3 is 26.3 Å². The van der Waals surface area contributed by atoms with Gasteiger partial charge in [0.25, 0.3) is 0 Å². The van der Waals surface area contributed by atoms with Gasteiger partial charge in [0.05, 0.1) is 29.6 Å². The van der Waals surface area contributed by atoms with E-state index in [2.05, 4.69) is 12.2 Å². The Morgan fingerprint density at radius 1 is 1.19 bits per heavy atom. The van der Waals surface area contributed by atoms with Crippen molar-refractivity contribution in [1.29, 1.82) is 0 Å². The Bertz CT molecular complexity index is 803. The largest absolute Gasteiger partial charge is 0.490 e. The van der Waals surface area contributed by atoms with Crippen molar-refractivity contribution in [3.8, 4) is 5.75 Å². The van der Waals surface area contributed by atoms with E-state index in [0.29, 0.717) is 34.9 Å². The Morgan fingerprint density at radius 3 is 2.67 bits per heavy atom. The SMILES string of the molecule is CC(Oc1ccccc1C(=O)c1ccc(N)c(N)c1)C(C)C1CNCCO1. The van der Waals surface area contributed by atoms with Crippen LogP contribution in [0.15, 0.2) is 42.5 Å². The minimum absolute atomic E-state index is 0.0912. The molecule has 0 bridgehead atoms. The number of carbonyl (C=O) groups excluding carboxylic acids is 1. The van der Waals surface area contributed by atoms with Crippen molar-refractivity contribution in [1.82, 2.24) is 5.32 Å². The quantitative estimate of drug-likeness (QED) is 0.534. The van der Waals surface area contributed by atoms with Crippen molar-refractivity contribution in [3.05, 3.63) is 53.6 Å². The minimum atomic E-state index is -0.146. The number of nitrogen functional groups attached to an aromatic ring is 2. The number of morpholine rings is 1. The highest BCUT2D eigenvalue weighted by molar-refractivity contribution is 6.11. The predicted molar refractivity (Wildman–Crippen MR) is 107 cm³/mol. The van der Waals surface area contributed by atoms with E-state index in [4.69, 9.17) is 20.9 Å². The monoisotopic (exact) mass is 369 g/mol. The van der Waals surface area contributed by atoms with Crippen LogP contribution < -0.4 is 21.5 Å². The Morgan fingerprint density at radius 2 is 1.96 bits per heavy atom. The summed E-state index contributed by atoms with van der Waals surface area (Å²) in [5.74, 6) is 0.585. The van der Waals surface area contributed by atoms with Crippen molar-refractivity contribution in [2.75, 3.05) is 31.2 Å². The van der Waals surface area contributed by atoms with Gasteiger partial charge in [0.2, 0.25) is 0 Å². The Kier molecular flexibility index (Phi) is 5.98. The van der Waals surface area contributed by atoms with E-state index in [1.54, 1.807) is 24.3 Å². The van der Waals surface area contributed by atoms with Crippen LogP contribution in [-0.4, -0.2) is 37.7 Å². The number of ether oxygens (including phenoxy) is 2. The summed E-state index contributed by atoms with van der Waals surface area (Å²) in [6, 6.07) is 12.2. The van der Waals surface area contributed by atoms with Crippen molar-refractivity contribution >= 4 is 17.2 Å². The first kappa shape index (κ1) is 19.2.